The third-order valence-corrected chi connectivity index (χ3v) is 4.12. The van der Waals surface area contributed by atoms with Crippen molar-refractivity contribution in [1.29, 1.82) is 0 Å². The molecule has 2 amide bonds. The number of urea groups is 1. The zero-order valence-electron chi connectivity index (χ0n) is 11.0. The molecule has 1 aromatic carbocycles. The van der Waals surface area contributed by atoms with Crippen LogP contribution in [0.4, 0.5) is 14.9 Å². The summed E-state index contributed by atoms with van der Waals surface area (Å²) in [6.07, 6.45) is 6.58. The summed E-state index contributed by atoms with van der Waals surface area (Å²) < 4.78 is 13.1. The SMILES string of the molecule is O=C(NC1CCCCC1)N1CCc2cc(F)ccc21. The zero-order chi connectivity index (χ0) is 13.2. The second-order valence-electron chi connectivity index (χ2n) is 5.46. The molecule has 0 unspecified atom stereocenters. The minimum atomic E-state index is -0.228. The molecule has 4 heteroatoms. The molecule has 0 atom stereocenters. The highest BCUT2D eigenvalue weighted by atomic mass is 19.1. The highest BCUT2D eigenvalue weighted by molar-refractivity contribution is 5.94. The van der Waals surface area contributed by atoms with Crippen molar-refractivity contribution in [3.63, 3.8) is 0 Å². The number of anilines is 1. The van der Waals surface area contributed by atoms with E-state index in [4.69, 9.17) is 0 Å². The van der Waals surface area contributed by atoms with Crippen LogP contribution in [-0.4, -0.2) is 18.6 Å². The highest BCUT2D eigenvalue weighted by Gasteiger charge is 2.26. The van der Waals surface area contributed by atoms with E-state index in [1.54, 1.807) is 11.0 Å². The van der Waals surface area contributed by atoms with E-state index in [1.165, 1.54) is 31.4 Å². The van der Waals surface area contributed by atoms with Crippen LogP contribution in [0.25, 0.3) is 0 Å². The van der Waals surface area contributed by atoms with Gasteiger partial charge >= 0.3 is 6.03 Å². The number of nitrogens with zero attached hydrogens (tertiary/aromatic N) is 1. The van der Waals surface area contributed by atoms with Crippen LogP contribution in [-0.2, 0) is 6.42 Å². The number of nitrogens with one attached hydrogen (secondary N) is 1. The molecule has 1 heterocycles. The molecule has 3 nitrogen and oxygen atoms in total. The number of fused-ring (bicyclic) bond motifs is 1. The fourth-order valence-corrected chi connectivity index (χ4v) is 3.08. The van der Waals surface area contributed by atoms with Crippen molar-refractivity contribution in [2.75, 3.05) is 11.4 Å². The number of amides is 2. The number of carbonyl (C=O) groups is 1. The van der Waals surface area contributed by atoms with E-state index in [1.807, 2.05) is 0 Å². The Balaban J connectivity index is 1.69. The topological polar surface area (TPSA) is 32.3 Å². The van der Waals surface area contributed by atoms with Crippen molar-refractivity contribution in [1.82, 2.24) is 5.32 Å². The Hall–Kier alpha value is -1.58. The Morgan fingerprint density at radius 2 is 2.05 bits per heavy atom. The summed E-state index contributed by atoms with van der Waals surface area (Å²) in [6, 6.07) is 4.94. The lowest BCUT2D eigenvalue weighted by Gasteiger charge is -2.26. The van der Waals surface area contributed by atoms with Gasteiger partial charge in [-0.15, -0.1) is 0 Å². The van der Waals surface area contributed by atoms with E-state index >= 15 is 0 Å². The first kappa shape index (κ1) is 12.5. The second-order valence-corrected chi connectivity index (χ2v) is 5.46. The molecule has 102 valence electrons. The van der Waals surface area contributed by atoms with Gasteiger partial charge in [0.2, 0.25) is 0 Å². The zero-order valence-corrected chi connectivity index (χ0v) is 11.0. The van der Waals surface area contributed by atoms with Crippen LogP contribution in [0.5, 0.6) is 0 Å². The number of halogens is 1. The first-order valence-electron chi connectivity index (χ1n) is 7.10. The number of carbonyl (C=O) groups excluding carboxylic acids is 1. The van der Waals surface area contributed by atoms with Crippen molar-refractivity contribution in [3.8, 4) is 0 Å². The molecule has 19 heavy (non-hydrogen) atoms. The summed E-state index contributed by atoms with van der Waals surface area (Å²) in [7, 11) is 0. The third-order valence-electron chi connectivity index (χ3n) is 4.12. The summed E-state index contributed by atoms with van der Waals surface area (Å²) in [5.74, 6) is -0.228. The average Bonchev–Trinajstić information content (AvgIpc) is 2.82. The van der Waals surface area contributed by atoms with Crippen molar-refractivity contribution in [2.45, 2.75) is 44.6 Å². The van der Waals surface area contributed by atoms with Gasteiger partial charge in [0.15, 0.2) is 0 Å². The van der Waals surface area contributed by atoms with Gasteiger partial charge in [-0.25, -0.2) is 9.18 Å². The molecule has 1 aromatic rings. The molecule has 1 fully saturated rings. The maximum absolute atomic E-state index is 13.1. The Bertz CT molecular complexity index is 483. The number of rotatable bonds is 1. The predicted molar refractivity (Wildman–Crippen MR) is 72.9 cm³/mol. The number of hydrogen-bond donors (Lipinski definition) is 1. The van der Waals surface area contributed by atoms with E-state index in [-0.39, 0.29) is 11.8 Å². The molecule has 0 spiro atoms. The molecular formula is C15H19FN2O. The van der Waals surface area contributed by atoms with Crippen LogP contribution >= 0.6 is 0 Å². The van der Waals surface area contributed by atoms with Gasteiger partial charge in [-0.05, 0) is 43.0 Å². The molecule has 1 aliphatic carbocycles. The van der Waals surface area contributed by atoms with E-state index in [0.29, 0.717) is 12.6 Å². The molecule has 0 saturated heterocycles. The number of hydrogen-bond acceptors (Lipinski definition) is 1. The molecule has 1 aliphatic heterocycles. The van der Waals surface area contributed by atoms with Crippen LogP contribution in [0, 0.1) is 5.82 Å². The molecule has 0 radical (unpaired) electrons. The van der Waals surface area contributed by atoms with E-state index < -0.39 is 0 Å². The maximum Gasteiger partial charge on any atom is 0.322 e. The fourth-order valence-electron chi connectivity index (χ4n) is 3.08. The second kappa shape index (κ2) is 5.19. The normalized spacial score (nSPS) is 19.3. The quantitative estimate of drug-likeness (QED) is 0.828. The largest absolute Gasteiger partial charge is 0.335 e. The van der Waals surface area contributed by atoms with E-state index in [9.17, 15) is 9.18 Å². The fraction of sp³-hybridized carbons (Fsp3) is 0.533. The van der Waals surface area contributed by atoms with Gasteiger partial charge in [-0.1, -0.05) is 19.3 Å². The van der Waals surface area contributed by atoms with Gasteiger partial charge < -0.3 is 5.32 Å². The lowest BCUT2D eigenvalue weighted by Crippen LogP contribution is -2.45. The Labute approximate surface area is 112 Å². The molecule has 0 bridgehead atoms. The summed E-state index contributed by atoms with van der Waals surface area (Å²) in [4.78, 5) is 14.0. The monoisotopic (exact) mass is 262 g/mol. The van der Waals surface area contributed by atoms with Crippen LogP contribution < -0.4 is 10.2 Å². The summed E-state index contributed by atoms with van der Waals surface area (Å²) in [5, 5.41) is 3.11. The van der Waals surface area contributed by atoms with Crippen molar-refractivity contribution >= 4 is 11.7 Å². The maximum atomic E-state index is 13.1. The van der Waals surface area contributed by atoms with Gasteiger partial charge in [-0.2, -0.15) is 0 Å². The minimum absolute atomic E-state index is 0.0303. The van der Waals surface area contributed by atoms with Gasteiger partial charge in [0.05, 0.1) is 0 Å². The lowest BCUT2D eigenvalue weighted by molar-refractivity contribution is 0.238. The van der Waals surface area contributed by atoms with Gasteiger partial charge in [0.25, 0.3) is 0 Å². The molecule has 0 aromatic heterocycles. The standard InChI is InChI=1S/C15H19FN2O/c16-12-6-7-14-11(10-12)8-9-18(14)15(19)17-13-4-2-1-3-5-13/h6-7,10,13H,1-5,8-9H2,(H,17,19). The smallest absolute Gasteiger partial charge is 0.322 e. The highest BCUT2D eigenvalue weighted by Crippen LogP contribution is 2.29. The van der Waals surface area contributed by atoms with Gasteiger partial charge in [-0.3, -0.25) is 4.90 Å². The van der Waals surface area contributed by atoms with E-state index in [0.717, 1.165) is 30.5 Å². The van der Waals surface area contributed by atoms with Crippen molar-refractivity contribution < 1.29 is 9.18 Å². The molecule has 2 aliphatic rings. The summed E-state index contributed by atoms with van der Waals surface area (Å²) in [6.45, 7) is 0.650. The predicted octanol–water partition coefficient (Wildman–Crippen LogP) is 3.23. The molecule has 1 saturated carbocycles. The van der Waals surface area contributed by atoms with Crippen LogP contribution in [0.1, 0.15) is 37.7 Å². The van der Waals surface area contributed by atoms with Gasteiger partial charge in [0.1, 0.15) is 5.82 Å². The first-order valence-corrected chi connectivity index (χ1v) is 7.10. The average molecular weight is 262 g/mol. The van der Waals surface area contributed by atoms with Gasteiger partial charge in [0, 0.05) is 18.3 Å². The number of benzene rings is 1. The summed E-state index contributed by atoms with van der Waals surface area (Å²) >= 11 is 0. The first-order chi connectivity index (χ1) is 9.24. The van der Waals surface area contributed by atoms with Crippen LogP contribution in [0.3, 0.4) is 0 Å². The Kier molecular flexibility index (Phi) is 3.40. The molecule has 1 N–H and O–H groups in total. The molecular weight excluding hydrogens is 243 g/mol. The van der Waals surface area contributed by atoms with Crippen molar-refractivity contribution in [3.05, 3.63) is 29.6 Å². The lowest BCUT2D eigenvalue weighted by atomic mass is 9.96. The molecule has 3 rings (SSSR count). The van der Waals surface area contributed by atoms with E-state index in [2.05, 4.69) is 5.32 Å². The Morgan fingerprint density at radius 3 is 2.84 bits per heavy atom. The van der Waals surface area contributed by atoms with Crippen LogP contribution in [0.15, 0.2) is 18.2 Å². The van der Waals surface area contributed by atoms with Crippen molar-refractivity contribution in [2.24, 2.45) is 0 Å². The third kappa shape index (κ3) is 2.57. The summed E-state index contributed by atoms with van der Waals surface area (Å²) in [5.41, 5.74) is 1.79. The Morgan fingerprint density at radius 1 is 1.26 bits per heavy atom. The minimum Gasteiger partial charge on any atom is -0.335 e. The van der Waals surface area contributed by atoms with Crippen LogP contribution in [0.2, 0.25) is 0 Å².